The Morgan fingerprint density at radius 2 is 0.977 bits per heavy atom. The average Bonchev–Trinajstić information content (AvgIpc) is 3.82. The van der Waals surface area contributed by atoms with Crippen molar-refractivity contribution in [2.75, 3.05) is 13.1 Å². The van der Waals surface area contributed by atoms with Crippen LogP contribution in [0, 0.1) is 11.8 Å². The number of carbonyl (C=O) groups excluding carboxylic acids is 7. The smallest absolute Gasteiger partial charge is 0.238 e. The van der Waals surface area contributed by atoms with Crippen LogP contribution in [0.2, 0.25) is 0 Å². The van der Waals surface area contributed by atoms with Gasteiger partial charge in [0.2, 0.25) is 11.8 Å². The Bertz CT molecular complexity index is 1720. The minimum Gasteiger partial charge on any atom is -0.469 e. The molecule has 0 saturated heterocycles. The van der Waals surface area contributed by atoms with Crippen LogP contribution in [0.25, 0.3) is 0 Å². The van der Waals surface area contributed by atoms with Crippen molar-refractivity contribution in [2.24, 2.45) is 11.8 Å². The lowest BCUT2D eigenvalue weighted by atomic mass is 9.96. The number of fused-ring (bicyclic) bond motifs is 2. The zero-order chi connectivity index (χ0) is 31.0. The second-order valence-corrected chi connectivity index (χ2v) is 10.4. The SMILES string of the molecule is O=C(c1ccc2c(c1)C(=O)C(C(=O)NCCc1ccco1)C2=O)c1ccc2c(c1)C(=O)C(C(=O)NCCc1ccco1)C2=O. The molecule has 0 fully saturated rings. The molecule has 2 unspecified atom stereocenters. The summed E-state index contributed by atoms with van der Waals surface area (Å²) in [4.78, 5) is 90.8. The van der Waals surface area contributed by atoms with E-state index in [1.807, 2.05) is 0 Å². The zero-order valence-corrected chi connectivity index (χ0v) is 23.1. The normalized spacial score (nSPS) is 17.0. The average molecular weight is 593 g/mol. The Morgan fingerprint density at radius 3 is 1.36 bits per heavy atom. The molecule has 44 heavy (non-hydrogen) atoms. The Kier molecular flexibility index (Phi) is 7.44. The largest absolute Gasteiger partial charge is 0.469 e. The molecular formula is C33H24N2O9. The summed E-state index contributed by atoms with van der Waals surface area (Å²) in [6.07, 6.45) is 3.76. The zero-order valence-electron chi connectivity index (χ0n) is 23.1. The molecular weight excluding hydrogens is 568 g/mol. The van der Waals surface area contributed by atoms with Crippen molar-refractivity contribution in [2.45, 2.75) is 12.8 Å². The molecule has 220 valence electrons. The standard InChI is InChI=1S/C33H24N2O9/c36-27(17-5-7-21-23(15-17)30(39)25(28(21)37)32(41)34-11-9-19-3-1-13-43-19)18-6-8-22-24(16-18)31(40)26(29(22)38)33(42)35-12-10-20-4-2-14-44-20/h1-8,13-16,25-26H,9-12H2,(H,34,41)(H,35,42). The second-order valence-electron chi connectivity index (χ2n) is 10.4. The summed E-state index contributed by atoms with van der Waals surface area (Å²) in [5.74, 6) is -6.64. The molecule has 2 aromatic carbocycles. The highest BCUT2D eigenvalue weighted by atomic mass is 16.3. The highest BCUT2D eigenvalue weighted by Crippen LogP contribution is 2.31. The van der Waals surface area contributed by atoms with Gasteiger partial charge in [-0.3, -0.25) is 33.6 Å². The van der Waals surface area contributed by atoms with Crippen LogP contribution in [0.5, 0.6) is 0 Å². The fourth-order valence-electron chi connectivity index (χ4n) is 5.44. The monoisotopic (exact) mass is 592 g/mol. The molecule has 2 atom stereocenters. The van der Waals surface area contributed by atoms with E-state index in [4.69, 9.17) is 8.83 Å². The molecule has 2 heterocycles. The lowest BCUT2D eigenvalue weighted by Crippen LogP contribution is -2.37. The first-order chi connectivity index (χ1) is 21.2. The molecule has 6 rings (SSSR count). The van der Waals surface area contributed by atoms with Crippen LogP contribution in [-0.2, 0) is 22.4 Å². The summed E-state index contributed by atoms with van der Waals surface area (Å²) < 4.78 is 10.4. The van der Waals surface area contributed by atoms with Crippen molar-refractivity contribution in [1.29, 1.82) is 0 Å². The van der Waals surface area contributed by atoms with Gasteiger partial charge in [0, 0.05) is 59.3 Å². The summed E-state index contributed by atoms with van der Waals surface area (Å²) in [5, 5.41) is 5.17. The first-order valence-corrected chi connectivity index (χ1v) is 13.8. The van der Waals surface area contributed by atoms with Crippen LogP contribution in [0.4, 0.5) is 0 Å². The number of nitrogens with one attached hydrogen (secondary N) is 2. The van der Waals surface area contributed by atoms with Gasteiger partial charge in [-0.25, -0.2) is 0 Å². The molecule has 0 saturated carbocycles. The van der Waals surface area contributed by atoms with Gasteiger partial charge in [0.15, 0.2) is 40.8 Å². The van der Waals surface area contributed by atoms with Gasteiger partial charge >= 0.3 is 0 Å². The number of Topliss-reactive ketones (excluding diaryl/α,β-unsaturated/α-hetero) is 4. The molecule has 2 amide bonds. The Balaban J connectivity index is 1.14. The number of benzene rings is 2. The fourth-order valence-corrected chi connectivity index (χ4v) is 5.44. The van der Waals surface area contributed by atoms with E-state index < -0.39 is 52.6 Å². The first kappa shape index (κ1) is 28.4. The number of furan rings is 2. The van der Waals surface area contributed by atoms with E-state index in [2.05, 4.69) is 10.6 Å². The van der Waals surface area contributed by atoms with Crippen LogP contribution < -0.4 is 10.6 Å². The van der Waals surface area contributed by atoms with E-state index in [0.29, 0.717) is 24.4 Å². The summed E-state index contributed by atoms with van der Waals surface area (Å²) in [7, 11) is 0. The highest BCUT2D eigenvalue weighted by Gasteiger charge is 2.45. The maximum absolute atomic E-state index is 13.4. The third kappa shape index (κ3) is 5.08. The van der Waals surface area contributed by atoms with Gasteiger partial charge in [0.05, 0.1) is 12.5 Å². The maximum Gasteiger partial charge on any atom is 0.238 e. The van der Waals surface area contributed by atoms with Crippen molar-refractivity contribution >= 4 is 40.7 Å². The van der Waals surface area contributed by atoms with E-state index in [1.54, 1.807) is 24.3 Å². The molecule has 0 bridgehead atoms. The van der Waals surface area contributed by atoms with Gasteiger partial charge in [0.25, 0.3) is 0 Å². The molecule has 4 aromatic rings. The maximum atomic E-state index is 13.4. The summed E-state index contributed by atoms with van der Waals surface area (Å²) in [6, 6.07) is 14.8. The van der Waals surface area contributed by atoms with Gasteiger partial charge in [-0.05, 0) is 48.5 Å². The van der Waals surface area contributed by atoms with Crippen molar-refractivity contribution in [3.05, 3.63) is 118 Å². The number of hydrogen-bond donors (Lipinski definition) is 2. The number of amides is 2. The number of ketones is 5. The number of carbonyl (C=O) groups is 7. The van der Waals surface area contributed by atoms with E-state index in [0.717, 1.165) is 0 Å². The summed E-state index contributed by atoms with van der Waals surface area (Å²) >= 11 is 0. The van der Waals surface area contributed by atoms with Crippen LogP contribution in [0.15, 0.2) is 82.0 Å². The molecule has 0 aliphatic heterocycles. The van der Waals surface area contributed by atoms with Crippen LogP contribution in [0.1, 0.15) is 68.9 Å². The van der Waals surface area contributed by atoms with E-state index >= 15 is 0 Å². The topological polar surface area (TPSA) is 170 Å². The summed E-state index contributed by atoms with van der Waals surface area (Å²) in [6.45, 7) is 0.326. The lowest BCUT2D eigenvalue weighted by Gasteiger charge is -2.08. The summed E-state index contributed by atoms with van der Waals surface area (Å²) in [5.41, 5.74) is 0.0682. The molecule has 0 radical (unpaired) electrons. The molecule has 11 heteroatoms. The Labute approximate surface area is 249 Å². The second kappa shape index (κ2) is 11.5. The van der Waals surface area contributed by atoms with E-state index in [-0.39, 0.29) is 46.5 Å². The van der Waals surface area contributed by atoms with Crippen LogP contribution >= 0.6 is 0 Å². The van der Waals surface area contributed by atoms with Gasteiger partial charge in [-0.1, -0.05) is 12.1 Å². The van der Waals surface area contributed by atoms with Crippen molar-refractivity contribution in [3.63, 3.8) is 0 Å². The minimum absolute atomic E-state index is 0.0355. The van der Waals surface area contributed by atoms with E-state index in [1.165, 1.54) is 48.9 Å². The van der Waals surface area contributed by atoms with Gasteiger partial charge in [0.1, 0.15) is 11.5 Å². The molecule has 2 aromatic heterocycles. The Morgan fingerprint density at radius 1 is 0.568 bits per heavy atom. The fraction of sp³-hybridized carbons (Fsp3) is 0.182. The molecule has 2 aliphatic rings. The van der Waals surface area contributed by atoms with Crippen molar-refractivity contribution in [1.82, 2.24) is 10.6 Å². The van der Waals surface area contributed by atoms with E-state index in [9.17, 15) is 33.6 Å². The van der Waals surface area contributed by atoms with Gasteiger partial charge in [-0.15, -0.1) is 0 Å². The minimum atomic E-state index is -1.56. The highest BCUT2D eigenvalue weighted by molar-refractivity contribution is 6.36. The number of rotatable bonds is 10. The molecule has 0 spiro atoms. The quantitative estimate of drug-likeness (QED) is 0.208. The predicted molar refractivity (Wildman–Crippen MR) is 151 cm³/mol. The predicted octanol–water partition coefficient (Wildman–Crippen LogP) is 2.81. The van der Waals surface area contributed by atoms with Crippen molar-refractivity contribution in [3.8, 4) is 0 Å². The first-order valence-electron chi connectivity index (χ1n) is 13.8. The van der Waals surface area contributed by atoms with Crippen molar-refractivity contribution < 1.29 is 42.4 Å². The third-order valence-electron chi connectivity index (χ3n) is 7.70. The number of hydrogen-bond acceptors (Lipinski definition) is 9. The van der Waals surface area contributed by atoms with Gasteiger partial charge < -0.3 is 19.5 Å². The van der Waals surface area contributed by atoms with Crippen LogP contribution in [0.3, 0.4) is 0 Å². The van der Waals surface area contributed by atoms with Gasteiger partial charge in [-0.2, -0.15) is 0 Å². The van der Waals surface area contributed by atoms with Crippen LogP contribution in [-0.4, -0.2) is 53.8 Å². The third-order valence-corrected chi connectivity index (χ3v) is 7.70. The molecule has 2 N–H and O–H groups in total. The Hall–Kier alpha value is -5.71. The lowest BCUT2D eigenvalue weighted by molar-refractivity contribution is -0.123. The molecule has 11 nitrogen and oxygen atoms in total. The molecule has 2 aliphatic carbocycles.